The lowest BCUT2D eigenvalue weighted by Crippen LogP contribution is -2.41. The molecule has 138 valence electrons. The summed E-state index contributed by atoms with van der Waals surface area (Å²) in [6.45, 7) is 4.91. The van der Waals surface area contributed by atoms with Gasteiger partial charge in [0.25, 0.3) is 5.91 Å². The van der Waals surface area contributed by atoms with E-state index in [2.05, 4.69) is 16.9 Å². The molecule has 0 radical (unpaired) electrons. The van der Waals surface area contributed by atoms with Crippen molar-refractivity contribution in [3.05, 3.63) is 17.0 Å². The van der Waals surface area contributed by atoms with Crippen molar-refractivity contribution in [2.24, 2.45) is 0 Å². The highest BCUT2D eigenvalue weighted by Gasteiger charge is 2.32. The molecule has 1 aromatic heterocycles. The van der Waals surface area contributed by atoms with Crippen molar-refractivity contribution in [3.8, 4) is 0 Å². The number of aromatic nitrogens is 2. The molecule has 1 N–H and O–H groups in total. The van der Waals surface area contributed by atoms with E-state index in [9.17, 15) is 4.79 Å². The molecule has 1 saturated heterocycles. The van der Waals surface area contributed by atoms with E-state index in [1.54, 1.807) is 0 Å². The molecule has 0 spiro atoms. The van der Waals surface area contributed by atoms with E-state index in [4.69, 9.17) is 5.10 Å². The maximum absolute atomic E-state index is 13.0. The molecule has 1 atom stereocenters. The van der Waals surface area contributed by atoms with Crippen LogP contribution >= 0.6 is 0 Å². The summed E-state index contributed by atoms with van der Waals surface area (Å²) >= 11 is 0. The summed E-state index contributed by atoms with van der Waals surface area (Å²) in [5.41, 5.74) is 3.32. The van der Waals surface area contributed by atoms with E-state index in [0.717, 1.165) is 57.4 Å². The van der Waals surface area contributed by atoms with Crippen molar-refractivity contribution in [3.63, 3.8) is 0 Å². The summed E-state index contributed by atoms with van der Waals surface area (Å²) in [5.74, 6) is 0.171. The molecular weight excluding hydrogens is 312 g/mol. The fourth-order valence-corrected chi connectivity index (χ4v) is 4.89. The molecule has 1 saturated carbocycles. The SMILES string of the molecule is CCCn1nc(C(=O)N2CCCC2)c2c1CCC(NC1CCCC1)C2. The molecule has 5 nitrogen and oxygen atoms in total. The van der Waals surface area contributed by atoms with Gasteiger partial charge in [0.1, 0.15) is 0 Å². The van der Waals surface area contributed by atoms with Crippen LogP contribution in [0.5, 0.6) is 0 Å². The first-order valence-electron chi connectivity index (χ1n) is 10.4. The first-order chi connectivity index (χ1) is 12.3. The lowest BCUT2D eigenvalue weighted by molar-refractivity contribution is 0.0784. The minimum atomic E-state index is 0.171. The van der Waals surface area contributed by atoms with Gasteiger partial charge in [0.05, 0.1) is 0 Å². The normalized spacial score (nSPS) is 24.0. The number of nitrogens with one attached hydrogen (secondary N) is 1. The zero-order chi connectivity index (χ0) is 17.2. The van der Waals surface area contributed by atoms with Crippen LogP contribution in [-0.2, 0) is 19.4 Å². The Balaban J connectivity index is 1.56. The lowest BCUT2D eigenvalue weighted by atomic mass is 9.90. The summed E-state index contributed by atoms with van der Waals surface area (Å²) < 4.78 is 2.13. The Morgan fingerprint density at radius 3 is 2.60 bits per heavy atom. The van der Waals surface area contributed by atoms with Crippen LogP contribution in [0.1, 0.15) is 80.0 Å². The van der Waals surface area contributed by atoms with E-state index < -0.39 is 0 Å². The number of rotatable bonds is 5. The Bertz CT molecular complexity index is 611. The second-order valence-electron chi connectivity index (χ2n) is 8.08. The summed E-state index contributed by atoms with van der Waals surface area (Å²) in [5, 5.41) is 8.66. The van der Waals surface area contributed by atoms with Gasteiger partial charge in [-0.2, -0.15) is 5.10 Å². The van der Waals surface area contributed by atoms with Crippen LogP contribution in [0.15, 0.2) is 0 Å². The molecular formula is C20H32N4O. The Morgan fingerprint density at radius 2 is 1.88 bits per heavy atom. The van der Waals surface area contributed by atoms with Gasteiger partial charge in [0.2, 0.25) is 0 Å². The third-order valence-electron chi connectivity index (χ3n) is 6.20. The Labute approximate surface area is 151 Å². The van der Waals surface area contributed by atoms with E-state index in [1.165, 1.54) is 43.4 Å². The highest BCUT2D eigenvalue weighted by atomic mass is 16.2. The molecule has 2 fully saturated rings. The van der Waals surface area contributed by atoms with E-state index >= 15 is 0 Å². The number of likely N-dealkylation sites (tertiary alicyclic amines) is 1. The molecule has 2 heterocycles. The number of hydrogen-bond donors (Lipinski definition) is 1. The summed E-state index contributed by atoms with van der Waals surface area (Å²) in [6, 6.07) is 1.20. The monoisotopic (exact) mass is 344 g/mol. The minimum absolute atomic E-state index is 0.171. The predicted octanol–water partition coefficient (Wildman–Crippen LogP) is 2.92. The van der Waals surface area contributed by atoms with Crippen molar-refractivity contribution >= 4 is 5.91 Å². The molecule has 1 aliphatic heterocycles. The summed E-state index contributed by atoms with van der Waals surface area (Å²) in [7, 11) is 0. The van der Waals surface area contributed by atoms with Gasteiger partial charge in [-0.1, -0.05) is 19.8 Å². The van der Waals surface area contributed by atoms with Gasteiger partial charge in [-0.25, -0.2) is 0 Å². The third kappa shape index (κ3) is 3.48. The number of aryl methyl sites for hydroxylation is 1. The molecule has 4 rings (SSSR count). The standard InChI is InChI=1S/C20H32N4O/c1-2-11-24-18-10-9-16(21-15-7-3-4-8-15)14-17(18)19(22-24)20(25)23-12-5-6-13-23/h15-16,21H,2-14H2,1H3. The van der Waals surface area contributed by atoms with Crippen LogP contribution in [0.25, 0.3) is 0 Å². The number of amides is 1. The van der Waals surface area contributed by atoms with Gasteiger partial charge < -0.3 is 10.2 Å². The van der Waals surface area contributed by atoms with Gasteiger partial charge in [0, 0.05) is 43.0 Å². The second-order valence-corrected chi connectivity index (χ2v) is 8.08. The van der Waals surface area contributed by atoms with E-state index in [0.29, 0.717) is 12.1 Å². The van der Waals surface area contributed by atoms with Crippen LogP contribution < -0.4 is 5.32 Å². The fourth-order valence-electron chi connectivity index (χ4n) is 4.89. The number of carbonyl (C=O) groups is 1. The summed E-state index contributed by atoms with van der Waals surface area (Å²) in [6.07, 6.45) is 11.9. The zero-order valence-electron chi connectivity index (χ0n) is 15.6. The average Bonchev–Trinajstić information content (AvgIpc) is 3.36. The zero-order valence-corrected chi connectivity index (χ0v) is 15.6. The van der Waals surface area contributed by atoms with Crippen molar-refractivity contribution in [1.29, 1.82) is 0 Å². The largest absolute Gasteiger partial charge is 0.337 e. The fraction of sp³-hybridized carbons (Fsp3) is 0.800. The van der Waals surface area contributed by atoms with Crippen LogP contribution in [-0.4, -0.2) is 45.8 Å². The number of hydrogen-bond acceptors (Lipinski definition) is 3. The molecule has 1 amide bonds. The van der Waals surface area contributed by atoms with Crippen molar-refractivity contribution in [1.82, 2.24) is 20.0 Å². The number of nitrogens with zero attached hydrogens (tertiary/aromatic N) is 3. The highest BCUT2D eigenvalue weighted by molar-refractivity contribution is 5.94. The Hall–Kier alpha value is -1.36. The van der Waals surface area contributed by atoms with Crippen LogP contribution in [0.4, 0.5) is 0 Å². The summed E-state index contributed by atoms with van der Waals surface area (Å²) in [4.78, 5) is 15.0. The first-order valence-corrected chi connectivity index (χ1v) is 10.4. The van der Waals surface area contributed by atoms with Gasteiger partial charge in [-0.05, 0) is 51.4 Å². The molecule has 1 unspecified atom stereocenters. The number of fused-ring (bicyclic) bond motifs is 1. The smallest absolute Gasteiger partial charge is 0.274 e. The van der Waals surface area contributed by atoms with E-state index in [1.807, 2.05) is 4.90 Å². The maximum Gasteiger partial charge on any atom is 0.274 e. The van der Waals surface area contributed by atoms with Crippen LogP contribution in [0.2, 0.25) is 0 Å². The van der Waals surface area contributed by atoms with Crippen molar-refractivity contribution in [2.45, 2.75) is 89.8 Å². The van der Waals surface area contributed by atoms with Crippen LogP contribution in [0.3, 0.4) is 0 Å². The second kappa shape index (κ2) is 7.48. The van der Waals surface area contributed by atoms with Gasteiger partial charge in [0.15, 0.2) is 5.69 Å². The third-order valence-corrected chi connectivity index (χ3v) is 6.20. The van der Waals surface area contributed by atoms with Gasteiger partial charge in [-0.15, -0.1) is 0 Å². The quantitative estimate of drug-likeness (QED) is 0.893. The van der Waals surface area contributed by atoms with Gasteiger partial charge in [-0.3, -0.25) is 9.48 Å². The molecule has 5 heteroatoms. The van der Waals surface area contributed by atoms with Crippen LogP contribution in [0, 0.1) is 0 Å². The number of carbonyl (C=O) groups excluding carboxylic acids is 1. The molecule has 0 bridgehead atoms. The molecule has 2 aliphatic carbocycles. The lowest BCUT2D eigenvalue weighted by Gasteiger charge is -2.27. The maximum atomic E-state index is 13.0. The molecule has 25 heavy (non-hydrogen) atoms. The molecule has 1 aromatic rings. The minimum Gasteiger partial charge on any atom is -0.337 e. The average molecular weight is 345 g/mol. The van der Waals surface area contributed by atoms with Gasteiger partial charge >= 0.3 is 0 Å². The molecule has 0 aromatic carbocycles. The Morgan fingerprint density at radius 1 is 1.12 bits per heavy atom. The molecule has 3 aliphatic rings. The van der Waals surface area contributed by atoms with E-state index in [-0.39, 0.29) is 5.91 Å². The topological polar surface area (TPSA) is 50.2 Å². The highest BCUT2D eigenvalue weighted by Crippen LogP contribution is 2.28. The van der Waals surface area contributed by atoms with Crippen molar-refractivity contribution < 1.29 is 4.79 Å². The van der Waals surface area contributed by atoms with Crippen molar-refractivity contribution in [2.75, 3.05) is 13.1 Å². The predicted molar refractivity (Wildman–Crippen MR) is 98.9 cm³/mol. The first kappa shape index (κ1) is 17.1. The Kier molecular flexibility index (Phi) is 5.11.